The topological polar surface area (TPSA) is 84.5 Å². The Morgan fingerprint density at radius 3 is 2.36 bits per heavy atom. The first-order chi connectivity index (χ1) is 13.2. The van der Waals surface area contributed by atoms with Gasteiger partial charge in [0.2, 0.25) is 5.91 Å². The Bertz CT molecular complexity index is 909. The predicted octanol–water partition coefficient (Wildman–Crippen LogP) is 4.57. The SMILES string of the molecule is CCCC(C)CC(=O)Nc1ccc(C)c(S(=O)(=O)Nc2ccc(OC)cc2)c1. The molecule has 0 saturated carbocycles. The van der Waals surface area contributed by atoms with Gasteiger partial charge in [0.05, 0.1) is 12.0 Å². The van der Waals surface area contributed by atoms with Gasteiger partial charge in [0.25, 0.3) is 10.0 Å². The van der Waals surface area contributed by atoms with Gasteiger partial charge in [-0.15, -0.1) is 0 Å². The number of ether oxygens (including phenoxy) is 1. The zero-order valence-corrected chi connectivity index (χ0v) is 17.6. The molecule has 0 aliphatic carbocycles. The van der Waals surface area contributed by atoms with Crippen LogP contribution in [0, 0.1) is 12.8 Å². The number of aryl methyl sites for hydroxylation is 1. The second kappa shape index (κ2) is 9.59. The molecule has 0 radical (unpaired) electrons. The summed E-state index contributed by atoms with van der Waals surface area (Å²) in [4.78, 5) is 12.3. The third kappa shape index (κ3) is 5.99. The first kappa shape index (κ1) is 21.8. The molecule has 1 unspecified atom stereocenters. The van der Waals surface area contributed by atoms with Crippen molar-refractivity contribution in [2.75, 3.05) is 17.1 Å². The van der Waals surface area contributed by atoms with Gasteiger partial charge in [-0.2, -0.15) is 0 Å². The summed E-state index contributed by atoms with van der Waals surface area (Å²) in [6.07, 6.45) is 2.42. The maximum atomic E-state index is 12.8. The monoisotopic (exact) mass is 404 g/mol. The molecule has 0 aliphatic rings. The highest BCUT2D eigenvalue weighted by atomic mass is 32.2. The van der Waals surface area contributed by atoms with E-state index in [4.69, 9.17) is 4.74 Å². The van der Waals surface area contributed by atoms with Crippen LogP contribution >= 0.6 is 0 Å². The van der Waals surface area contributed by atoms with Crippen LogP contribution in [0.25, 0.3) is 0 Å². The molecule has 6 nitrogen and oxygen atoms in total. The number of nitrogens with one attached hydrogen (secondary N) is 2. The van der Waals surface area contributed by atoms with E-state index in [1.54, 1.807) is 50.4 Å². The maximum absolute atomic E-state index is 12.8. The molecule has 0 heterocycles. The van der Waals surface area contributed by atoms with E-state index >= 15 is 0 Å². The highest BCUT2D eigenvalue weighted by Gasteiger charge is 2.18. The smallest absolute Gasteiger partial charge is 0.262 e. The molecule has 2 N–H and O–H groups in total. The number of hydrogen-bond acceptors (Lipinski definition) is 4. The van der Waals surface area contributed by atoms with Crippen molar-refractivity contribution in [1.82, 2.24) is 0 Å². The Kier molecular flexibility index (Phi) is 7.45. The molecular formula is C21H28N2O4S. The van der Waals surface area contributed by atoms with Gasteiger partial charge in [-0.05, 0) is 54.8 Å². The highest BCUT2D eigenvalue weighted by molar-refractivity contribution is 7.92. The van der Waals surface area contributed by atoms with E-state index < -0.39 is 10.0 Å². The lowest BCUT2D eigenvalue weighted by Crippen LogP contribution is -2.17. The molecular weight excluding hydrogens is 376 g/mol. The molecule has 0 aliphatic heterocycles. The molecule has 0 spiro atoms. The van der Waals surface area contributed by atoms with Crippen LogP contribution in [0.5, 0.6) is 5.75 Å². The van der Waals surface area contributed by atoms with E-state index in [1.807, 2.05) is 6.92 Å². The average Bonchev–Trinajstić information content (AvgIpc) is 2.63. The fourth-order valence-corrected chi connectivity index (χ4v) is 4.29. The van der Waals surface area contributed by atoms with Gasteiger partial charge >= 0.3 is 0 Å². The Balaban J connectivity index is 2.17. The number of sulfonamides is 1. The van der Waals surface area contributed by atoms with E-state index in [2.05, 4.69) is 17.0 Å². The zero-order chi connectivity index (χ0) is 20.7. The van der Waals surface area contributed by atoms with Crippen molar-refractivity contribution >= 4 is 27.3 Å². The molecule has 1 amide bonds. The average molecular weight is 405 g/mol. The molecule has 28 heavy (non-hydrogen) atoms. The second-order valence-electron chi connectivity index (χ2n) is 6.96. The minimum atomic E-state index is -3.80. The molecule has 0 bridgehead atoms. The summed E-state index contributed by atoms with van der Waals surface area (Å²) in [6, 6.07) is 11.5. The summed E-state index contributed by atoms with van der Waals surface area (Å²) in [6.45, 7) is 5.84. The highest BCUT2D eigenvalue weighted by Crippen LogP contribution is 2.24. The fourth-order valence-electron chi connectivity index (χ4n) is 2.96. The Labute approximate surface area is 167 Å². The molecule has 1 atom stereocenters. The van der Waals surface area contributed by atoms with Gasteiger partial charge in [-0.25, -0.2) is 8.42 Å². The molecule has 7 heteroatoms. The molecule has 2 aromatic carbocycles. The number of methoxy groups -OCH3 is 1. The van der Waals surface area contributed by atoms with Gasteiger partial charge in [0, 0.05) is 17.8 Å². The minimum absolute atomic E-state index is 0.115. The normalized spacial score (nSPS) is 12.3. The van der Waals surface area contributed by atoms with Crippen LogP contribution in [0.2, 0.25) is 0 Å². The Morgan fingerprint density at radius 1 is 1.11 bits per heavy atom. The van der Waals surface area contributed by atoms with Gasteiger partial charge < -0.3 is 10.1 Å². The van der Waals surface area contributed by atoms with Crippen molar-refractivity contribution in [2.45, 2.75) is 44.9 Å². The maximum Gasteiger partial charge on any atom is 0.262 e. The number of amides is 1. The van der Waals surface area contributed by atoms with E-state index in [0.29, 0.717) is 29.1 Å². The third-order valence-corrected chi connectivity index (χ3v) is 5.94. The van der Waals surface area contributed by atoms with Crippen molar-refractivity contribution in [1.29, 1.82) is 0 Å². The standard InChI is InChI=1S/C21H28N2O4S/c1-5-6-15(2)13-21(24)22-18-8-7-16(3)20(14-18)28(25,26)23-17-9-11-19(27-4)12-10-17/h7-12,14-15,23H,5-6,13H2,1-4H3,(H,22,24). The van der Waals surface area contributed by atoms with Crippen LogP contribution in [0.4, 0.5) is 11.4 Å². The second-order valence-corrected chi connectivity index (χ2v) is 8.61. The number of benzene rings is 2. The number of carbonyl (C=O) groups is 1. The minimum Gasteiger partial charge on any atom is -0.497 e. The summed E-state index contributed by atoms with van der Waals surface area (Å²) in [5.41, 5.74) is 1.50. The molecule has 2 aromatic rings. The Morgan fingerprint density at radius 2 is 1.75 bits per heavy atom. The summed E-state index contributed by atoms with van der Waals surface area (Å²) < 4.78 is 33.3. The van der Waals surface area contributed by atoms with Gasteiger partial charge in [-0.1, -0.05) is 32.8 Å². The van der Waals surface area contributed by atoms with Crippen LogP contribution < -0.4 is 14.8 Å². The van der Waals surface area contributed by atoms with Crippen LogP contribution in [0.3, 0.4) is 0 Å². The van der Waals surface area contributed by atoms with Crippen LogP contribution in [-0.2, 0) is 14.8 Å². The zero-order valence-electron chi connectivity index (χ0n) is 16.8. The van der Waals surface area contributed by atoms with Crippen molar-refractivity contribution < 1.29 is 17.9 Å². The van der Waals surface area contributed by atoms with Crippen molar-refractivity contribution in [3.63, 3.8) is 0 Å². The number of rotatable bonds is 9. The lowest BCUT2D eigenvalue weighted by Gasteiger charge is -2.14. The fraction of sp³-hybridized carbons (Fsp3) is 0.381. The van der Waals surface area contributed by atoms with Gasteiger partial charge in [0.1, 0.15) is 5.75 Å². The van der Waals surface area contributed by atoms with Crippen molar-refractivity contribution in [3.8, 4) is 5.75 Å². The van der Waals surface area contributed by atoms with Crippen LogP contribution in [-0.4, -0.2) is 21.4 Å². The lowest BCUT2D eigenvalue weighted by molar-refractivity contribution is -0.117. The number of carbonyl (C=O) groups excluding carboxylic acids is 1. The number of anilines is 2. The largest absolute Gasteiger partial charge is 0.497 e. The molecule has 2 rings (SSSR count). The first-order valence-corrected chi connectivity index (χ1v) is 10.8. The van der Waals surface area contributed by atoms with E-state index in [1.165, 1.54) is 6.07 Å². The summed E-state index contributed by atoms with van der Waals surface area (Å²) in [5, 5.41) is 2.80. The van der Waals surface area contributed by atoms with Gasteiger partial charge in [0.15, 0.2) is 0 Å². The lowest BCUT2D eigenvalue weighted by atomic mass is 10.0. The van der Waals surface area contributed by atoms with E-state index in [9.17, 15) is 13.2 Å². The third-order valence-electron chi connectivity index (χ3n) is 4.42. The summed E-state index contributed by atoms with van der Waals surface area (Å²) >= 11 is 0. The van der Waals surface area contributed by atoms with Gasteiger partial charge in [-0.3, -0.25) is 9.52 Å². The summed E-state index contributed by atoms with van der Waals surface area (Å²) in [7, 11) is -2.25. The summed E-state index contributed by atoms with van der Waals surface area (Å²) in [5.74, 6) is 0.813. The number of hydrogen-bond donors (Lipinski definition) is 2. The quantitative estimate of drug-likeness (QED) is 0.641. The van der Waals surface area contributed by atoms with E-state index in [0.717, 1.165) is 12.8 Å². The molecule has 152 valence electrons. The molecule has 0 aromatic heterocycles. The van der Waals surface area contributed by atoms with Crippen molar-refractivity contribution in [3.05, 3.63) is 48.0 Å². The van der Waals surface area contributed by atoms with E-state index in [-0.39, 0.29) is 16.7 Å². The predicted molar refractivity (Wildman–Crippen MR) is 112 cm³/mol. The first-order valence-electron chi connectivity index (χ1n) is 9.32. The molecule has 0 saturated heterocycles. The van der Waals surface area contributed by atoms with Crippen molar-refractivity contribution in [2.24, 2.45) is 5.92 Å². The van der Waals surface area contributed by atoms with Crippen LogP contribution in [0.15, 0.2) is 47.4 Å². The Hall–Kier alpha value is -2.54. The molecule has 0 fully saturated rings. The van der Waals surface area contributed by atoms with Crippen LogP contribution in [0.1, 0.15) is 38.7 Å².